The third kappa shape index (κ3) is 8.82. The van der Waals surface area contributed by atoms with Crippen LogP contribution in [0.2, 0.25) is 0 Å². The minimum atomic E-state index is -0.258. The lowest BCUT2D eigenvalue weighted by Crippen LogP contribution is -2.22. The van der Waals surface area contributed by atoms with E-state index in [9.17, 15) is 0 Å². The van der Waals surface area contributed by atoms with E-state index in [4.69, 9.17) is 0 Å². The monoisotopic (exact) mass is 838 g/mol. The lowest BCUT2D eigenvalue weighted by Gasteiger charge is -2.29. The summed E-state index contributed by atoms with van der Waals surface area (Å²) in [5.41, 5.74) is 25.9. The maximum Gasteiger partial charge on any atom is 0.0436 e. The van der Waals surface area contributed by atoms with E-state index < -0.39 is 0 Å². The van der Waals surface area contributed by atoms with Gasteiger partial charge in [-0.05, 0) is 162 Å². The molecule has 0 amide bonds. The van der Waals surface area contributed by atoms with Crippen LogP contribution in [-0.4, -0.2) is 4.98 Å². The summed E-state index contributed by atoms with van der Waals surface area (Å²) in [5.74, 6) is 0.553. The fourth-order valence-corrected chi connectivity index (χ4v) is 10.2. The Morgan fingerprint density at radius 1 is 0.641 bits per heavy atom. The standard InChI is InChI=1S/C30H25N.C16H20.C15H16.C2H6/c1-5-23-24(6-2)29-25-15-14-20(3)17-27(25)30(4,22-12-8-7-9-13-22)28(29)18-26(23)21-11-10-16-31-19-21;1-5-12-13(6-2)15-10-8-9-11(4)16(15)14(12)7-3;1-11-8-9-15(13(3)10-11)14-7-5-4-6-12(14)2;1-2/h5-19H,1-2H2,3-4H3;5-6,9,14H,1-2,7-8,10H2,3-4H3;4-10H,1-3H3;1-2H3. The first-order valence-corrected chi connectivity index (χ1v) is 23.1. The first-order valence-electron chi connectivity index (χ1n) is 23.1. The van der Waals surface area contributed by atoms with Crippen molar-refractivity contribution in [3.05, 3.63) is 244 Å². The summed E-state index contributed by atoms with van der Waals surface area (Å²) < 4.78 is 0. The molecular formula is C63H67N. The average Bonchev–Trinajstić information content (AvgIpc) is 3.79. The van der Waals surface area contributed by atoms with Crippen LogP contribution >= 0.6 is 0 Å². The van der Waals surface area contributed by atoms with Gasteiger partial charge in [-0.3, -0.25) is 4.98 Å². The van der Waals surface area contributed by atoms with Crippen molar-refractivity contribution in [3.8, 4) is 33.4 Å². The molecule has 2 unspecified atom stereocenters. The molecule has 6 aromatic rings. The summed E-state index contributed by atoms with van der Waals surface area (Å²) >= 11 is 0. The normalized spacial score (nSPS) is 16.6. The molecular weight excluding hydrogens is 771 g/mol. The number of rotatable bonds is 8. The number of pyridine rings is 1. The van der Waals surface area contributed by atoms with Gasteiger partial charge < -0.3 is 0 Å². The second-order valence-electron chi connectivity index (χ2n) is 17.1. The molecule has 1 heterocycles. The minimum absolute atomic E-state index is 0.258. The lowest BCUT2D eigenvalue weighted by atomic mass is 9.73. The van der Waals surface area contributed by atoms with Gasteiger partial charge in [-0.15, -0.1) is 0 Å². The number of benzene rings is 5. The quantitative estimate of drug-likeness (QED) is 0.149. The molecule has 5 aromatic carbocycles. The van der Waals surface area contributed by atoms with Crippen LogP contribution in [0.5, 0.6) is 0 Å². The van der Waals surface area contributed by atoms with Crippen molar-refractivity contribution in [2.45, 2.75) is 87.0 Å². The number of allylic oxidation sites excluding steroid dienone is 8. The van der Waals surface area contributed by atoms with Crippen molar-refractivity contribution in [2.75, 3.05) is 0 Å². The second kappa shape index (κ2) is 20.7. The van der Waals surface area contributed by atoms with Crippen LogP contribution in [0.15, 0.2) is 194 Å². The Bertz CT molecular complexity index is 2790. The van der Waals surface area contributed by atoms with Crippen molar-refractivity contribution in [2.24, 2.45) is 5.92 Å². The predicted molar refractivity (Wildman–Crippen MR) is 281 cm³/mol. The molecule has 0 spiro atoms. The first-order chi connectivity index (χ1) is 31.0. The van der Waals surface area contributed by atoms with E-state index in [1.807, 2.05) is 56.6 Å². The average molecular weight is 838 g/mol. The van der Waals surface area contributed by atoms with E-state index in [-0.39, 0.29) is 5.41 Å². The van der Waals surface area contributed by atoms with Gasteiger partial charge in [0.25, 0.3) is 0 Å². The van der Waals surface area contributed by atoms with Crippen LogP contribution in [0, 0.1) is 33.6 Å². The summed E-state index contributed by atoms with van der Waals surface area (Å²) in [5, 5.41) is 0. The highest BCUT2D eigenvalue weighted by Crippen LogP contribution is 2.56. The summed E-state index contributed by atoms with van der Waals surface area (Å²) in [7, 11) is 0. The van der Waals surface area contributed by atoms with Crippen LogP contribution in [0.1, 0.15) is 104 Å². The Labute approximate surface area is 385 Å². The zero-order valence-electron chi connectivity index (χ0n) is 39.9. The molecule has 64 heavy (non-hydrogen) atoms. The Balaban J connectivity index is 0.000000173. The molecule has 0 N–H and O–H groups in total. The SMILES string of the molecule is C=CC1=C(C=C)C(CC)C2=C1CCC=C2C.C=Cc1c(-c2cccnc2)cc2c(c1C=C)-c1ccc(C)cc1C2(C)c1ccccc1.CC.Cc1ccc(-c2ccccc2C)c(C)c1. The smallest absolute Gasteiger partial charge is 0.0436 e. The maximum atomic E-state index is 4.37. The molecule has 0 radical (unpaired) electrons. The first kappa shape index (κ1) is 46.9. The Kier molecular flexibility index (Phi) is 15.2. The van der Waals surface area contributed by atoms with E-state index in [1.165, 1.54) is 96.3 Å². The molecule has 324 valence electrons. The van der Waals surface area contributed by atoms with Gasteiger partial charge in [0.15, 0.2) is 0 Å². The Morgan fingerprint density at radius 2 is 1.30 bits per heavy atom. The Morgan fingerprint density at radius 3 is 1.91 bits per heavy atom. The van der Waals surface area contributed by atoms with Crippen LogP contribution in [0.25, 0.3) is 45.5 Å². The highest BCUT2D eigenvalue weighted by atomic mass is 14.6. The fraction of sp³-hybridized carbons (Fsp3) is 0.222. The molecule has 0 fully saturated rings. The summed E-state index contributed by atoms with van der Waals surface area (Å²) in [6.45, 7) is 35.8. The Hall–Kier alpha value is -6.57. The molecule has 1 aromatic heterocycles. The van der Waals surface area contributed by atoms with E-state index in [2.05, 4.69) is 189 Å². The van der Waals surface area contributed by atoms with E-state index in [1.54, 1.807) is 5.57 Å². The van der Waals surface area contributed by atoms with Crippen molar-refractivity contribution >= 4 is 12.2 Å². The number of aryl methyl sites for hydroxylation is 4. The zero-order chi connectivity index (χ0) is 46.1. The highest BCUT2D eigenvalue weighted by Gasteiger charge is 2.42. The maximum absolute atomic E-state index is 4.37. The number of aromatic nitrogens is 1. The van der Waals surface area contributed by atoms with Gasteiger partial charge in [-0.25, -0.2) is 0 Å². The van der Waals surface area contributed by atoms with Crippen LogP contribution in [-0.2, 0) is 5.41 Å². The van der Waals surface area contributed by atoms with Crippen LogP contribution in [0.3, 0.4) is 0 Å². The van der Waals surface area contributed by atoms with E-state index >= 15 is 0 Å². The van der Waals surface area contributed by atoms with E-state index in [0.717, 1.165) is 28.7 Å². The van der Waals surface area contributed by atoms with Gasteiger partial charge in [0.2, 0.25) is 0 Å². The van der Waals surface area contributed by atoms with Gasteiger partial charge in [0.1, 0.15) is 0 Å². The number of hydrogen-bond acceptors (Lipinski definition) is 1. The topological polar surface area (TPSA) is 12.9 Å². The summed E-state index contributed by atoms with van der Waals surface area (Å²) in [4.78, 5) is 4.37. The van der Waals surface area contributed by atoms with Gasteiger partial charge in [-0.2, -0.15) is 0 Å². The molecule has 3 aliphatic rings. The zero-order valence-corrected chi connectivity index (χ0v) is 39.9. The number of hydrogen-bond donors (Lipinski definition) is 0. The van der Waals surface area contributed by atoms with Gasteiger partial charge in [-0.1, -0.05) is 191 Å². The molecule has 3 aliphatic carbocycles. The van der Waals surface area contributed by atoms with Crippen molar-refractivity contribution in [1.82, 2.24) is 4.98 Å². The fourth-order valence-electron chi connectivity index (χ4n) is 10.2. The third-order valence-electron chi connectivity index (χ3n) is 13.3. The van der Waals surface area contributed by atoms with E-state index in [0.29, 0.717) is 5.92 Å². The predicted octanol–water partition coefficient (Wildman–Crippen LogP) is 17.7. The molecule has 1 heteroatoms. The number of nitrogens with zero attached hydrogens (tertiary/aromatic N) is 1. The lowest BCUT2D eigenvalue weighted by molar-refractivity contribution is 0.707. The minimum Gasteiger partial charge on any atom is -0.264 e. The van der Waals surface area contributed by atoms with Crippen molar-refractivity contribution in [3.63, 3.8) is 0 Å². The number of fused-ring (bicyclic) bond motifs is 3. The molecule has 0 aliphatic heterocycles. The van der Waals surface area contributed by atoms with Gasteiger partial charge in [0, 0.05) is 29.3 Å². The van der Waals surface area contributed by atoms with Crippen LogP contribution in [0.4, 0.5) is 0 Å². The largest absolute Gasteiger partial charge is 0.264 e. The molecule has 1 nitrogen and oxygen atoms in total. The van der Waals surface area contributed by atoms with Gasteiger partial charge >= 0.3 is 0 Å². The van der Waals surface area contributed by atoms with Gasteiger partial charge in [0.05, 0.1) is 0 Å². The molecule has 0 bridgehead atoms. The molecule has 0 saturated carbocycles. The summed E-state index contributed by atoms with van der Waals surface area (Å²) in [6, 6.07) is 39.2. The highest BCUT2D eigenvalue weighted by molar-refractivity contribution is 5.96. The summed E-state index contributed by atoms with van der Waals surface area (Å²) in [6.07, 6.45) is 17.6. The van der Waals surface area contributed by atoms with Crippen molar-refractivity contribution in [1.29, 1.82) is 0 Å². The van der Waals surface area contributed by atoms with Crippen LogP contribution < -0.4 is 0 Å². The third-order valence-corrected chi connectivity index (χ3v) is 13.3. The molecule has 2 atom stereocenters. The van der Waals surface area contributed by atoms with Crippen molar-refractivity contribution < 1.29 is 0 Å². The second-order valence-corrected chi connectivity index (χ2v) is 17.1. The molecule has 9 rings (SSSR count). The molecule has 0 saturated heterocycles.